The van der Waals surface area contributed by atoms with Crippen molar-refractivity contribution in [3.05, 3.63) is 0 Å². The summed E-state index contributed by atoms with van der Waals surface area (Å²) in [4.78, 5) is 11.5. The van der Waals surface area contributed by atoms with E-state index in [2.05, 4.69) is 12.2 Å². The summed E-state index contributed by atoms with van der Waals surface area (Å²) in [6.07, 6.45) is 4.39. The summed E-state index contributed by atoms with van der Waals surface area (Å²) >= 11 is 0. The number of amides is 1. The summed E-state index contributed by atoms with van der Waals surface area (Å²) in [5.74, 6) is 0.988. The Morgan fingerprint density at radius 1 is 1.24 bits per heavy atom. The molecule has 0 aliphatic carbocycles. The second kappa shape index (κ2) is 10.5. The molecule has 0 spiro atoms. The zero-order valence-electron chi connectivity index (χ0n) is 11.2. The fraction of sp³-hybridized carbons (Fsp3) is 0.923. The zero-order chi connectivity index (χ0) is 13.1. The summed E-state index contributed by atoms with van der Waals surface area (Å²) in [6, 6.07) is 0. The SMILES string of the molecule is CC(CO)CCCNC(=O)CCC(C)CCN. The maximum absolute atomic E-state index is 11.5. The summed E-state index contributed by atoms with van der Waals surface area (Å²) < 4.78 is 0. The summed E-state index contributed by atoms with van der Waals surface area (Å²) in [5, 5.41) is 11.7. The first-order chi connectivity index (χ1) is 8.10. The predicted octanol–water partition coefficient (Wildman–Crippen LogP) is 1.28. The average Bonchev–Trinajstić information content (AvgIpc) is 2.32. The van der Waals surface area contributed by atoms with Gasteiger partial charge in [-0.15, -0.1) is 0 Å². The molecule has 2 unspecified atom stereocenters. The molecule has 0 radical (unpaired) electrons. The number of rotatable bonds is 10. The van der Waals surface area contributed by atoms with Crippen molar-refractivity contribution >= 4 is 5.91 Å². The Hall–Kier alpha value is -0.610. The molecule has 0 saturated carbocycles. The van der Waals surface area contributed by atoms with Gasteiger partial charge in [0.15, 0.2) is 0 Å². The van der Waals surface area contributed by atoms with Gasteiger partial charge in [-0.1, -0.05) is 13.8 Å². The van der Waals surface area contributed by atoms with Crippen LogP contribution in [0.4, 0.5) is 0 Å². The van der Waals surface area contributed by atoms with Crippen LogP contribution in [0.5, 0.6) is 0 Å². The van der Waals surface area contributed by atoms with E-state index in [0.717, 1.165) is 25.7 Å². The van der Waals surface area contributed by atoms with Gasteiger partial charge in [-0.25, -0.2) is 0 Å². The van der Waals surface area contributed by atoms with E-state index in [9.17, 15) is 4.79 Å². The molecule has 17 heavy (non-hydrogen) atoms. The quantitative estimate of drug-likeness (QED) is 0.507. The lowest BCUT2D eigenvalue weighted by Gasteiger charge is -2.11. The van der Waals surface area contributed by atoms with Gasteiger partial charge in [0.2, 0.25) is 5.91 Å². The molecule has 0 aromatic heterocycles. The van der Waals surface area contributed by atoms with Crippen LogP contribution in [-0.4, -0.2) is 30.7 Å². The first kappa shape index (κ1) is 16.4. The third-order valence-electron chi connectivity index (χ3n) is 3.03. The van der Waals surface area contributed by atoms with Crippen LogP contribution in [-0.2, 0) is 4.79 Å². The van der Waals surface area contributed by atoms with Gasteiger partial charge >= 0.3 is 0 Å². The standard InChI is InChI=1S/C13H28N2O2/c1-11(7-8-14)5-6-13(17)15-9-3-4-12(2)10-16/h11-12,16H,3-10,14H2,1-2H3,(H,15,17). The lowest BCUT2D eigenvalue weighted by molar-refractivity contribution is -0.121. The first-order valence-electron chi connectivity index (χ1n) is 6.67. The van der Waals surface area contributed by atoms with Crippen LogP contribution in [0.1, 0.15) is 46.0 Å². The molecule has 0 fully saturated rings. The van der Waals surface area contributed by atoms with Crippen molar-refractivity contribution in [2.24, 2.45) is 17.6 Å². The molecule has 0 rings (SSSR count). The van der Waals surface area contributed by atoms with Crippen LogP contribution in [0.15, 0.2) is 0 Å². The van der Waals surface area contributed by atoms with Crippen LogP contribution in [0.3, 0.4) is 0 Å². The van der Waals surface area contributed by atoms with E-state index in [1.165, 1.54) is 0 Å². The van der Waals surface area contributed by atoms with Crippen LogP contribution >= 0.6 is 0 Å². The van der Waals surface area contributed by atoms with Gasteiger partial charge < -0.3 is 16.2 Å². The maximum atomic E-state index is 11.5. The van der Waals surface area contributed by atoms with E-state index in [1.807, 2.05) is 6.92 Å². The molecule has 2 atom stereocenters. The highest BCUT2D eigenvalue weighted by molar-refractivity contribution is 5.75. The Labute approximate surface area is 105 Å². The van der Waals surface area contributed by atoms with Crippen molar-refractivity contribution in [1.82, 2.24) is 5.32 Å². The van der Waals surface area contributed by atoms with Crippen molar-refractivity contribution in [2.75, 3.05) is 19.7 Å². The Kier molecular flexibility index (Phi) is 10.2. The predicted molar refractivity (Wildman–Crippen MR) is 70.6 cm³/mol. The molecule has 0 aromatic rings. The summed E-state index contributed by atoms with van der Waals surface area (Å²) in [6.45, 7) is 5.78. The van der Waals surface area contributed by atoms with Crippen LogP contribution < -0.4 is 11.1 Å². The maximum Gasteiger partial charge on any atom is 0.220 e. The topological polar surface area (TPSA) is 75.3 Å². The van der Waals surface area contributed by atoms with Crippen LogP contribution in [0, 0.1) is 11.8 Å². The van der Waals surface area contributed by atoms with E-state index in [-0.39, 0.29) is 12.5 Å². The number of nitrogens with two attached hydrogens (primary N) is 1. The smallest absolute Gasteiger partial charge is 0.220 e. The third kappa shape index (κ3) is 10.3. The van der Waals surface area contributed by atoms with E-state index in [1.54, 1.807) is 0 Å². The highest BCUT2D eigenvalue weighted by atomic mass is 16.3. The van der Waals surface area contributed by atoms with Gasteiger partial charge in [0.1, 0.15) is 0 Å². The van der Waals surface area contributed by atoms with Crippen molar-refractivity contribution in [1.29, 1.82) is 0 Å². The minimum atomic E-state index is 0.130. The van der Waals surface area contributed by atoms with Gasteiger partial charge in [-0.05, 0) is 44.1 Å². The number of carbonyl (C=O) groups is 1. The number of aliphatic hydroxyl groups excluding tert-OH is 1. The fourth-order valence-corrected chi connectivity index (χ4v) is 1.66. The van der Waals surface area contributed by atoms with Crippen molar-refractivity contribution in [3.8, 4) is 0 Å². The van der Waals surface area contributed by atoms with Gasteiger partial charge in [-0.3, -0.25) is 4.79 Å². The largest absolute Gasteiger partial charge is 0.396 e. The van der Waals surface area contributed by atoms with Crippen molar-refractivity contribution in [2.45, 2.75) is 46.0 Å². The number of nitrogens with one attached hydrogen (secondary N) is 1. The molecule has 102 valence electrons. The van der Waals surface area contributed by atoms with E-state index >= 15 is 0 Å². The van der Waals surface area contributed by atoms with Gasteiger partial charge in [-0.2, -0.15) is 0 Å². The number of aliphatic hydroxyl groups is 1. The molecule has 0 heterocycles. The van der Waals surface area contributed by atoms with E-state index in [4.69, 9.17) is 10.8 Å². The number of hydrogen-bond acceptors (Lipinski definition) is 3. The van der Waals surface area contributed by atoms with Gasteiger partial charge in [0.25, 0.3) is 0 Å². The molecule has 0 saturated heterocycles. The third-order valence-corrected chi connectivity index (χ3v) is 3.03. The van der Waals surface area contributed by atoms with Crippen molar-refractivity contribution < 1.29 is 9.90 Å². The molecule has 4 nitrogen and oxygen atoms in total. The second-order valence-electron chi connectivity index (χ2n) is 5.00. The monoisotopic (exact) mass is 244 g/mol. The lowest BCUT2D eigenvalue weighted by atomic mass is 10.0. The Balaban J connectivity index is 3.40. The van der Waals surface area contributed by atoms with E-state index < -0.39 is 0 Å². The molecule has 0 aliphatic rings. The molecule has 0 aliphatic heterocycles. The zero-order valence-corrected chi connectivity index (χ0v) is 11.2. The van der Waals surface area contributed by atoms with Crippen LogP contribution in [0.25, 0.3) is 0 Å². The fourth-order valence-electron chi connectivity index (χ4n) is 1.66. The van der Waals surface area contributed by atoms with Gasteiger partial charge in [0, 0.05) is 19.6 Å². The van der Waals surface area contributed by atoms with Crippen molar-refractivity contribution in [3.63, 3.8) is 0 Å². The number of carbonyl (C=O) groups excluding carboxylic acids is 1. The lowest BCUT2D eigenvalue weighted by Crippen LogP contribution is -2.25. The van der Waals surface area contributed by atoms with Gasteiger partial charge in [0.05, 0.1) is 0 Å². The Bertz CT molecular complexity index is 198. The highest BCUT2D eigenvalue weighted by Crippen LogP contribution is 2.08. The second-order valence-corrected chi connectivity index (χ2v) is 5.00. The Morgan fingerprint density at radius 3 is 2.53 bits per heavy atom. The minimum Gasteiger partial charge on any atom is -0.396 e. The molecule has 4 heteroatoms. The van der Waals surface area contributed by atoms with E-state index in [0.29, 0.717) is 31.3 Å². The molecule has 1 amide bonds. The summed E-state index contributed by atoms with van der Waals surface area (Å²) in [5.41, 5.74) is 5.45. The first-order valence-corrected chi connectivity index (χ1v) is 6.67. The summed E-state index contributed by atoms with van der Waals surface area (Å²) in [7, 11) is 0. The minimum absolute atomic E-state index is 0.130. The molecular weight excluding hydrogens is 216 g/mol. The molecular formula is C13H28N2O2. The number of hydrogen-bond donors (Lipinski definition) is 3. The average molecular weight is 244 g/mol. The van der Waals surface area contributed by atoms with Crippen LogP contribution in [0.2, 0.25) is 0 Å². The normalized spacial score (nSPS) is 14.4. The highest BCUT2D eigenvalue weighted by Gasteiger charge is 2.06. The molecule has 0 bridgehead atoms. The molecule has 4 N–H and O–H groups in total. The molecule has 0 aromatic carbocycles. The Morgan fingerprint density at radius 2 is 1.94 bits per heavy atom.